The molecule has 5 aromatic rings. The normalized spacial score (nSPS) is 18.9. The molecule has 0 bridgehead atoms. The van der Waals surface area contributed by atoms with Crippen LogP contribution in [0.5, 0.6) is 0 Å². The van der Waals surface area contributed by atoms with Gasteiger partial charge in [0.2, 0.25) is 47.0 Å². The summed E-state index contributed by atoms with van der Waals surface area (Å²) in [6.45, 7) is 5.24. The highest BCUT2D eigenvalue weighted by molar-refractivity contribution is 7.47. The van der Waals surface area contributed by atoms with Crippen LogP contribution in [0.25, 0.3) is 22.3 Å². The smallest absolute Gasteiger partial charge is 0.458 e. The standard InChI is InChI=1S/C58H64FN8O14P/c1-5-58(41-24-45-53-39(29-67(45)56(75)40(41)31-79-57(58)76)51-32(2)15-20-38-34(4)42(59)25-43(65-53)52(38)51)81-82(77,78)80-30-36-16-18-37(19-17-36)63-48(70)28-62-54(73)44(23-35-12-8-6-9-13-35)64-49(71)27-61-47(69)26-60-46(68)14-10-7-11-21-66-50(72)22-33(3)55(66)74/h6,8-9,12-13,16-19,24-25,32-33,44H,5,7,10-11,14-15,20-23,26-31H2,1-4H3,(H,60,68)(H,61,69)(H,62,73)(H,63,70)(H,64,71)(H,77,78)/t32-,33?,44-,58-/m0/s1. The molecule has 2 aromatic heterocycles. The van der Waals surface area contributed by atoms with E-state index in [0.717, 1.165) is 28.5 Å². The Kier molecular flexibility index (Phi) is 17.6. The monoisotopic (exact) mass is 1150 g/mol. The first-order valence-corrected chi connectivity index (χ1v) is 28.8. The lowest BCUT2D eigenvalue weighted by Gasteiger charge is -2.36. The number of esters is 1. The molecule has 5 heterocycles. The number of nitrogens with one attached hydrogen (secondary N) is 5. The van der Waals surface area contributed by atoms with E-state index in [0.29, 0.717) is 65.8 Å². The van der Waals surface area contributed by atoms with Crippen molar-refractivity contribution in [1.29, 1.82) is 0 Å². The van der Waals surface area contributed by atoms with Crippen LogP contribution >= 0.6 is 7.82 Å². The van der Waals surface area contributed by atoms with Crippen molar-refractivity contribution in [1.82, 2.24) is 35.7 Å². The van der Waals surface area contributed by atoms with Gasteiger partial charge in [-0.3, -0.25) is 52.3 Å². The molecule has 3 aliphatic heterocycles. The number of phosphoric acid groups is 1. The van der Waals surface area contributed by atoms with Gasteiger partial charge in [-0.2, -0.15) is 0 Å². The third-order valence-electron chi connectivity index (χ3n) is 15.5. The van der Waals surface area contributed by atoms with Gasteiger partial charge in [0.1, 0.15) is 18.5 Å². The second kappa shape index (κ2) is 24.6. The van der Waals surface area contributed by atoms with Crippen molar-refractivity contribution in [2.45, 2.75) is 123 Å². The molecule has 432 valence electrons. The van der Waals surface area contributed by atoms with E-state index in [-0.39, 0.29) is 78.5 Å². The number of halogens is 1. The van der Waals surface area contributed by atoms with Gasteiger partial charge in [0.15, 0.2) is 0 Å². The summed E-state index contributed by atoms with van der Waals surface area (Å²) in [6, 6.07) is 16.5. The minimum Gasteiger partial charge on any atom is -0.458 e. The fraction of sp³-hybridized carbons (Fsp3) is 0.414. The number of amides is 7. The van der Waals surface area contributed by atoms with Gasteiger partial charge in [-0.05, 0) is 91.0 Å². The molecule has 3 aromatic carbocycles. The zero-order valence-corrected chi connectivity index (χ0v) is 46.7. The third kappa shape index (κ3) is 12.6. The fourth-order valence-electron chi connectivity index (χ4n) is 11.1. The first kappa shape index (κ1) is 58.7. The molecular weight excluding hydrogens is 1080 g/mol. The largest absolute Gasteiger partial charge is 0.473 e. The predicted octanol–water partition coefficient (Wildman–Crippen LogP) is 4.89. The summed E-state index contributed by atoms with van der Waals surface area (Å²) >= 11 is 0. The van der Waals surface area contributed by atoms with Crippen LogP contribution in [0, 0.1) is 18.7 Å². The topological polar surface area (TPSA) is 300 Å². The number of benzene rings is 3. The number of fused-ring (bicyclic) bond motifs is 5. The molecule has 1 saturated heterocycles. The first-order chi connectivity index (χ1) is 39.2. The van der Waals surface area contributed by atoms with Gasteiger partial charge in [-0.25, -0.2) is 18.7 Å². The first-order valence-electron chi connectivity index (χ1n) is 27.3. The Labute approximate surface area is 470 Å². The summed E-state index contributed by atoms with van der Waals surface area (Å²) in [5, 5.41) is 13.5. The van der Waals surface area contributed by atoms with Crippen molar-refractivity contribution < 1.29 is 66.0 Å². The maximum absolute atomic E-state index is 15.2. The molecule has 1 fully saturated rings. The van der Waals surface area contributed by atoms with E-state index in [9.17, 15) is 52.6 Å². The predicted molar refractivity (Wildman–Crippen MR) is 295 cm³/mol. The van der Waals surface area contributed by atoms with E-state index >= 15 is 4.39 Å². The fourth-order valence-corrected chi connectivity index (χ4v) is 12.2. The molecular formula is C58H64FN8O14P. The lowest BCUT2D eigenvalue weighted by Crippen LogP contribution is -2.52. The minimum absolute atomic E-state index is 0.0345. The lowest BCUT2D eigenvalue weighted by molar-refractivity contribution is -0.171. The molecule has 22 nitrogen and oxygen atoms in total. The Bertz CT molecular complexity index is 3520. The summed E-state index contributed by atoms with van der Waals surface area (Å²) in [7, 11) is -5.13. The summed E-state index contributed by atoms with van der Waals surface area (Å²) < 4.78 is 47.2. The van der Waals surface area contributed by atoms with E-state index in [1.807, 2.05) is 0 Å². The Morgan fingerprint density at radius 3 is 2.30 bits per heavy atom. The maximum atomic E-state index is 15.2. The Morgan fingerprint density at radius 1 is 0.866 bits per heavy atom. The van der Waals surface area contributed by atoms with Gasteiger partial charge in [-0.1, -0.05) is 69.7 Å². The molecule has 4 aliphatic rings. The molecule has 82 heavy (non-hydrogen) atoms. The summed E-state index contributed by atoms with van der Waals surface area (Å²) in [5.41, 5.74) is 3.20. The van der Waals surface area contributed by atoms with E-state index in [4.69, 9.17) is 18.8 Å². The number of pyridine rings is 2. The van der Waals surface area contributed by atoms with Gasteiger partial charge >= 0.3 is 13.8 Å². The van der Waals surface area contributed by atoms with Crippen LogP contribution in [0.4, 0.5) is 10.1 Å². The Morgan fingerprint density at radius 2 is 1.59 bits per heavy atom. The van der Waals surface area contributed by atoms with Crippen LogP contribution in [0.1, 0.15) is 116 Å². The second-order valence-corrected chi connectivity index (χ2v) is 22.6. The average Bonchev–Trinajstić information content (AvgIpc) is 4.04. The minimum atomic E-state index is -5.13. The number of imide groups is 1. The number of hydrogen-bond acceptors (Lipinski definition) is 14. The number of hydrogen-bond donors (Lipinski definition) is 6. The Balaban J connectivity index is 0.758. The number of unbranched alkanes of at least 4 members (excludes halogenated alkanes) is 2. The number of aromatic nitrogens is 2. The number of carbonyl (C=O) groups excluding carboxylic acids is 8. The number of ether oxygens (including phenoxy) is 1. The number of aryl methyl sites for hydroxylation is 1. The van der Waals surface area contributed by atoms with Crippen molar-refractivity contribution >= 4 is 71.7 Å². The van der Waals surface area contributed by atoms with Crippen molar-refractivity contribution in [2.75, 3.05) is 31.5 Å². The summed E-state index contributed by atoms with van der Waals surface area (Å²) in [5.74, 6) is -5.09. The SMILES string of the molecule is CC[C@@]1(OP(=O)(O)OCc2ccc(NC(=O)CNC(=O)[C@H](Cc3ccccc3)NC(=O)CNC(=O)CNC(=O)CCCCCN3C(=O)CC(C)C3=O)cc2)C(=O)OCc2c1cc1n(c2=O)Cc2c-1nc1cc(F)c(C)c3c1c2[C@@H](C)CC3. The molecule has 5 atom stereocenters. The number of phosphoric ester groups is 1. The Hall–Kier alpha value is -7.98. The van der Waals surface area contributed by atoms with Crippen LogP contribution in [0.3, 0.4) is 0 Å². The molecule has 0 radical (unpaired) electrons. The number of cyclic esters (lactones) is 1. The molecule has 6 N–H and O–H groups in total. The summed E-state index contributed by atoms with van der Waals surface area (Å²) in [6.07, 6.45) is 3.21. The maximum Gasteiger partial charge on any atom is 0.473 e. The van der Waals surface area contributed by atoms with Gasteiger partial charge < -0.3 is 40.8 Å². The number of anilines is 1. The van der Waals surface area contributed by atoms with E-state index in [2.05, 4.69) is 33.5 Å². The zero-order valence-electron chi connectivity index (χ0n) is 45.8. The van der Waals surface area contributed by atoms with E-state index < -0.39 is 93.4 Å². The molecule has 1 aliphatic carbocycles. The molecule has 9 rings (SSSR count). The second-order valence-electron chi connectivity index (χ2n) is 21.2. The van der Waals surface area contributed by atoms with Crippen molar-refractivity contribution in [3.05, 3.63) is 127 Å². The van der Waals surface area contributed by atoms with Crippen molar-refractivity contribution in [2.24, 2.45) is 5.92 Å². The van der Waals surface area contributed by atoms with Crippen LogP contribution in [0.2, 0.25) is 0 Å². The van der Waals surface area contributed by atoms with Gasteiger partial charge in [0.05, 0.1) is 55.3 Å². The molecule has 0 saturated carbocycles. The summed E-state index contributed by atoms with van der Waals surface area (Å²) in [4.78, 5) is 134. The highest BCUT2D eigenvalue weighted by Gasteiger charge is 2.53. The molecule has 7 amide bonds. The average molecular weight is 1150 g/mol. The zero-order chi connectivity index (χ0) is 58.6. The van der Waals surface area contributed by atoms with Crippen LogP contribution in [0.15, 0.2) is 71.5 Å². The third-order valence-corrected chi connectivity index (χ3v) is 16.5. The van der Waals surface area contributed by atoms with Crippen molar-refractivity contribution in [3.8, 4) is 11.4 Å². The quantitative estimate of drug-likeness (QED) is 0.0216. The number of likely N-dealkylation sites (tertiary alicyclic amines) is 1. The van der Waals surface area contributed by atoms with E-state index in [1.54, 1.807) is 50.2 Å². The lowest BCUT2D eigenvalue weighted by atomic mass is 9.79. The number of nitrogens with zero attached hydrogens (tertiary/aromatic N) is 3. The van der Waals surface area contributed by atoms with Gasteiger partial charge in [0.25, 0.3) is 5.56 Å². The molecule has 0 spiro atoms. The van der Waals surface area contributed by atoms with E-state index in [1.165, 1.54) is 46.7 Å². The van der Waals surface area contributed by atoms with Crippen LogP contribution in [-0.2, 0) is 94.9 Å². The molecule has 24 heteroatoms. The van der Waals surface area contributed by atoms with Gasteiger partial charge in [-0.15, -0.1) is 0 Å². The molecule has 2 unspecified atom stereocenters. The van der Waals surface area contributed by atoms with Crippen molar-refractivity contribution in [3.63, 3.8) is 0 Å². The van der Waals surface area contributed by atoms with Crippen LogP contribution in [-0.4, -0.2) is 98.9 Å². The highest BCUT2D eigenvalue weighted by Crippen LogP contribution is 2.55. The van der Waals surface area contributed by atoms with Crippen LogP contribution < -0.4 is 32.1 Å². The number of rotatable bonds is 23. The highest BCUT2D eigenvalue weighted by atomic mass is 31.2. The number of carbonyl (C=O) groups is 8. The van der Waals surface area contributed by atoms with Gasteiger partial charge in [0, 0.05) is 60.0 Å².